The Hall–Kier alpha value is -0.520. The Balaban J connectivity index is 0.000000561. The van der Waals surface area contributed by atoms with E-state index in [0.717, 1.165) is 13.1 Å². The zero-order valence-electron chi connectivity index (χ0n) is 8.38. The second-order valence-corrected chi connectivity index (χ2v) is 3.38. The van der Waals surface area contributed by atoms with Crippen LogP contribution in [0.3, 0.4) is 0 Å². The molecule has 1 fully saturated rings. The van der Waals surface area contributed by atoms with Gasteiger partial charge in [-0.05, 0) is 20.8 Å². The van der Waals surface area contributed by atoms with Gasteiger partial charge in [-0.15, -0.1) is 12.8 Å². The Labute approximate surface area is 76.3 Å². The summed E-state index contributed by atoms with van der Waals surface area (Å²) in [7, 11) is 0. The minimum atomic E-state index is 0.706. The average Bonchev–Trinajstić information content (AvgIpc) is 2.08. The minimum Gasteiger partial charge on any atom is -0.314 e. The maximum absolute atomic E-state index is 4.00. The molecule has 2 heteroatoms. The summed E-state index contributed by atoms with van der Waals surface area (Å²) in [5.41, 5.74) is 0. The van der Waals surface area contributed by atoms with Crippen LogP contribution in [0, 0.1) is 12.8 Å². The third-order valence-electron chi connectivity index (χ3n) is 2.22. The van der Waals surface area contributed by atoms with Crippen molar-refractivity contribution >= 4 is 0 Å². The maximum Gasteiger partial charge on any atom is 0.0195 e. The summed E-state index contributed by atoms with van der Waals surface area (Å²) in [6.45, 7) is 10.3. The lowest BCUT2D eigenvalue weighted by molar-refractivity contribution is 0.135. The van der Waals surface area contributed by atoms with Gasteiger partial charge in [-0.25, -0.2) is 0 Å². The fraction of sp³-hybridized carbons (Fsp3) is 0.800. The first-order valence-corrected chi connectivity index (χ1v) is 4.51. The number of terminal acetylenes is 1. The van der Waals surface area contributed by atoms with Crippen LogP contribution in [0.5, 0.6) is 0 Å². The Morgan fingerprint density at radius 3 is 2.33 bits per heavy atom. The maximum atomic E-state index is 4.00. The summed E-state index contributed by atoms with van der Waals surface area (Å²) in [5, 5.41) is 3.38. The van der Waals surface area contributed by atoms with E-state index in [1.54, 1.807) is 0 Å². The van der Waals surface area contributed by atoms with Crippen LogP contribution in [0.25, 0.3) is 0 Å². The number of hydrogen-bond donors (Lipinski definition) is 1. The first-order valence-electron chi connectivity index (χ1n) is 4.51. The quantitative estimate of drug-likeness (QED) is 0.586. The molecule has 1 aliphatic heterocycles. The van der Waals surface area contributed by atoms with E-state index in [0.29, 0.717) is 12.1 Å². The van der Waals surface area contributed by atoms with E-state index in [4.69, 9.17) is 0 Å². The molecule has 1 atom stereocenters. The Morgan fingerprint density at radius 2 is 2.00 bits per heavy atom. The Bertz CT molecular complexity index is 129. The first-order chi connectivity index (χ1) is 5.72. The van der Waals surface area contributed by atoms with Gasteiger partial charge in [-0.2, -0.15) is 0 Å². The molecule has 0 aliphatic carbocycles. The van der Waals surface area contributed by atoms with Gasteiger partial charge < -0.3 is 5.32 Å². The van der Waals surface area contributed by atoms with Crippen molar-refractivity contribution in [1.82, 2.24) is 10.2 Å². The molecular formula is C10H20N2. The second-order valence-electron chi connectivity index (χ2n) is 3.38. The molecule has 1 N–H and O–H groups in total. The summed E-state index contributed by atoms with van der Waals surface area (Å²) in [4.78, 5) is 2.54. The van der Waals surface area contributed by atoms with E-state index in [2.05, 4.69) is 43.8 Å². The highest BCUT2D eigenvalue weighted by atomic mass is 15.2. The zero-order valence-corrected chi connectivity index (χ0v) is 8.38. The third-order valence-corrected chi connectivity index (χ3v) is 2.22. The van der Waals surface area contributed by atoms with Gasteiger partial charge in [-0.3, -0.25) is 4.90 Å². The largest absolute Gasteiger partial charge is 0.314 e. The van der Waals surface area contributed by atoms with Crippen molar-refractivity contribution in [2.24, 2.45) is 0 Å². The molecule has 12 heavy (non-hydrogen) atoms. The fourth-order valence-electron chi connectivity index (χ4n) is 1.62. The molecule has 0 aromatic carbocycles. The summed E-state index contributed by atoms with van der Waals surface area (Å²) >= 11 is 0. The predicted octanol–water partition coefficient (Wildman–Crippen LogP) is 0.938. The van der Waals surface area contributed by atoms with Gasteiger partial charge in [0.15, 0.2) is 0 Å². The van der Waals surface area contributed by atoms with Crippen molar-refractivity contribution in [1.29, 1.82) is 0 Å². The number of rotatable bonds is 1. The van der Waals surface area contributed by atoms with Crippen molar-refractivity contribution in [3.63, 3.8) is 0 Å². The van der Waals surface area contributed by atoms with Crippen molar-refractivity contribution in [2.75, 3.05) is 19.6 Å². The lowest BCUT2D eigenvalue weighted by Crippen LogP contribution is -2.52. The van der Waals surface area contributed by atoms with Crippen LogP contribution >= 0.6 is 0 Å². The molecule has 1 aliphatic rings. The summed E-state index contributed by atoms with van der Waals surface area (Å²) in [6, 6.07) is 1.42. The molecule has 70 valence electrons. The molecule has 0 aromatic heterocycles. The highest BCUT2D eigenvalue weighted by Gasteiger charge is 2.19. The van der Waals surface area contributed by atoms with Crippen molar-refractivity contribution < 1.29 is 0 Å². The van der Waals surface area contributed by atoms with Crippen LogP contribution in [-0.2, 0) is 0 Å². The fourth-order valence-corrected chi connectivity index (χ4v) is 1.62. The molecule has 0 spiro atoms. The molecule has 1 heterocycles. The van der Waals surface area contributed by atoms with Gasteiger partial charge >= 0.3 is 0 Å². The zero-order chi connectivity index (χ0) is 9.56. The van der Waals surface area contributed by atoms with Gasteiger partial charge in [0.05, 0.1) is 0 Å². The Morgan fingerprint density at radius 1 is 1.42 bits per heavy atom. The van der Waals surface area contributed by atoms with Gasteiger partial charge in [-0.1, -0.05) is 0 Å². The highest BCUT2D eigenvalue weighted by molar-refractivity contribution is 4.77. The van der Waals surface area contributed by atoms with Crippen molar-refractivity contribution in [3.05, 3.63) is 0 Å². The number of nitrogens with one attached hydrogen (secondary N) is 1. The van der Waals surface area contributed by atoms with Crippen LogP contribution < -0.4 is 5.32 Å². The van der Waals surface area contributed by atoms with Gasteiger partial charge in [0.2, 0.25) is 0 Å². The molecule has 0 saturated carbocycles. The van der Waals surface area contributed by atoms with Crippen molar-refractivity contribution in [3.8, 4) is 12.8 Å². The SMILES string of the molecule is C#C.CC(C)N1CCNC[C@@H]1C. The Kier molecular flexibility index (Phi) is 5.79. The van der Waals surface area contributed by atoms with E-state index in [1.165, 1.54) is 6.54 Å². The first kappa shape index (κ1) is 11.5. The predicted molar refractivity (Wildman–Crippen MR) is 54.1 cm³/mol. The number of nitrogens with zero attached hydrogens (tertiary/aromatic N) is 1. The van der Waals surface area contributed by atoms with Crippen LogP contribution in [0.4, 0.5) is 0 Å². The molecular weight excluding hydrogens is 148 g/mol. The summed E-state index contributed by atoms with van der Waals surface area (Å²) in [6.07, 6.45) is 8.00. The summed E-state index contributed by atoms with van der Waals surface area (Å²) in [5.74, 6) is 0. The van der Waals surface area contributed by atoms with Crippen molar-refractivity contribution in [2.45, 2.75) is 32.9 Å². The topological polar surface area (TPSA) is 15.3 Å². The molecule has 0 unspecified atom stereocenters. The number of hydrogen-bond acceptors (Lipinski definition) is 2. The molecule has 0 aromatic rings. The molecule has 1 saturated heterocycles. The normalized spacial score (nSPS) is 24.7. The van der Waals surface area contributed by atoms with Gasteiger partial charge in [0.1, 0.15) is 0 Å². The molecule has 0 radical (unpaired) electrons. The molecule has 0 amide bonds. The van der Waals surface area contributed by atoms with Crippen LogP contribution in [0.2, 0.25) is 0 Å². The van der Waals surface area contributed by atoms with Crippen LogP contribution in [-0.4, -0.2) is 36.6 Å². The van der Waals surface area contributed by atoms with E-state index in [9.17, 15) is 0 Å². The number of piperazine rings is 1. The van der Waals surface area contributed by atoms with E-state index < -0.39 is 0 Å². The molecule has 0 bridgehead atoms. The average molecular weight is 168 g/mol. The van der Waals surface area contributed by atoms with E-state index >= 15 is 0 Å². The monoisotopic (exact) mass is 168 g/mol. The summed E-state index contributed by atoms with van der Waals surface area (Å²) < 4.78 is 0. The smallest absolute Gasteiger partial charge is 0.0195 e. The lowest BCUT2D eigenvalue weighted by atomic mass is 10.2. The third kappa shape index (κ3) is 3.25. The standard InChI is InChI=1S/C8H18N2.C2H2/c1-7(2)10-5-4-9-6-8(10)3;1-2/h7-9H,4-6H2,1-3H3;1-2H/t8-;/m0./s1. The molecule has 1 rings (SSSR count). The lowest BCUT2D eigenvalue weighted by Gasteiger charge is -2.36. The van der Waals surface area contributed by atoms with Gasteiger partial charge in [0, 0.05) is 31.7 Å². The minimum absolute atomic E-state index is 0.706. The highest BCUT2D eigenvalue weighted by Crippen LogP contribution is 2.06. The van der Waals surface area contributed by atoms with E-state index in [-0.39, 0.29) is 0 Å². The molecule has 2 nitrogen and oxygen atoms in total. The van der Waals surface area contributed by atoms with Crippen LogP contribution in [0.1, 0.15) is 20.8 Å². The van der Waals surface area contributed by atoms with E-state index in [1.807, 2.05) is 0 Å². The second kappa shape index (κ2) is 6.05. The van der Waals surface area contributed by atoms with Crippen LogP contribution in [0.15, 0.2) is 0 Å². The van der Waals surface area contributed by atoms with Gasteiger partial charge in [0.25, 0.3) is 0 Å².